The van der Waals surface area contributed by atoms with Gasteiger partial charge in [-0.15, -0.1) is 0 Å². The van der Waals surface area contributed by atoms with Crippen molar-refractivity contribution in [3.05, 3.63) is 29.6 Å². The lowest BCUT2D eigenvalue weighted by molar-refractivity contribution is -0.148. The number of pyridine rings is 1. The fourth-order valence-electron chi connectivity index (χ4n) is 4.27. The number of carbonyl (C=O) groups is 1. The summed E-state index contributed by atoms with van der Waals surface area (Å²) in [6, 6.07) is 1.96. The molecule has 0 spiro atoms. The number of alkyl halides is 3. The highest BCUT2D eigenvalue weighted by Gasteiger charge is 2.51. The molecule has 5 nitrogen and oxygen atoms in total. The van der Waals surface area contributed by atoms with Crippen LogP contribution in [0.2, 0.25) is 0 Å². The maximum Gasteiger partial charge on any atom is 0.433 e. The standard InChI is InChI=1S/C19H25F3N2O3/c1-17(2,3)27-16(25)24-12-6-4-7-13(24)11-18(26,10-12)14-8-5-9-23-15(14)19(20,21)22/h5,8-9,12-13,26H,4,6-7,10-11H2,1-3H3. The van der Waals surface area contributed by atoms with Gasteiger partial charge in [0.25, 0.3) is 0 Å². The van der Waals surface area contributed by atoms with Crippen LogP contribution in [0.15, 0.2) is 18.3 Å². The molecule has 8 heteroatoms. The number of aliphatic hydroxyl groups is 1. The summed E-state index contributed by atoms with van der Waals surface area (Å²) in [6.07, 6.45) is -1.85. The van der Waals surface area contributed by atoms with Crippen LogP contribution in [0.5, 0.6) is 0 Å². The summed E-state index contributed by atoms with van der Waals surface area (Å²) < 4.78 is 45.7. The Kier molecular flexibility index (Phi) is 4.91. The number of amides is 1. The number of fused-ring (bicyclic) bond motifs is 2. The fourth-order valence-corrected chi connectivity index (χ4v) is 4.27. The molecule has 3 rings (SSSR count). The normalized spacial score (nSPS) is 28.8. The van der Waals surface area contributed by atoms with Crippen molar-refractivity contribution in [1.29, 1.82) is 0 Å². The predicted octanol–water partition coefficient (Wildman–Crippen LogP) is 4.24. The summed E-state index contributed by atoms with van der Waals surface area (Å²) in [5.41, 5.74) is -3.60. The number of halogens is 3. The van der Waals surface area contributed by atoms with Crippen molar-refractivity contribution in [2.75, 3.05) is 0 Å². The van der Waals surface area contributed by atoms with Crippen LogP contribution in [-0.4, -0.2) is 38.8 Å². The molecule has 0 aliphatic carbocycles. The van der Waals surface area contributed by atoms with Crippen molar-refractivity contribution in [2.45, 2.75) is 82.3 Å². The highest BCUT2D eigenvalue weighted by Crippen LogP contribution is 2.47. The Morgan fingerprint density at radius 3 is 2.37 bits per heavy atom. The van der Waals surface area contributed by atoms with E-state index in [0.29, 0.717) is 12.8 Å². The number of rotatable bonds is 1. The Bertz CT molecular complexity index is 701. The third kappa shape index (κ3) is 4.05. The van der Waals surface area contributed by atoms with Crippen LogP contribution in [0.3, 0.4) is 0 Å². The molecule has 1 amide bonds. The molecule has 1 aromatic heterocycles. The monoisotopic (exact) mass is 386 g/mol. The van der Waals surface area contributed by atoms with E-state index in [4.69, 9.17) is 4.74 Å². The maximum absolute atomic E-state index is 13.4. The van der Waals surface area contributed by atoms with Crippen molar-refractivity contribution in [3.63, 3.8) is 0 Å². The van der Waals surface area contributed by atoms with Gasteiger partial charge in [-0.25, -0.2) is 4.79 Å². The van der Waals surface area contributed by atoms with Crippen molar-refractivity contribution in [2.24, 2.45) is 0 Å². The molecule has 1 N–H and O–H groups in total. The van der Waals surface area contributed by atoms with Gasteiger partial charge in [-0.1, -0.05) is 6.07 Å². The van der Waals surface area contributed by atoms with Crippen LogP contribution in [0.25, 0.3) is 0 Å². The van der Waals surface area contributed by atoms with Gasteiger partial charge in [-0.05, 0) is 46.1 Å². The molecule has 2 saturated heterocycles. The molecule has 2 fully saturated rings. The van der Waals surface area contributed by atoms with Gasteiger partial charge in [-0.3, -0.25) is 4.98 Å². The molecule has 27 heavy (non-hydrogen) atoms. The zero-order chi connectivity index (χ0) is 20.0. The number of aromatic nitrogens is 1. The molecule has 1 aromatic rings. The second-order valence-electron chi connectivity index (χ2n) is 8.46. The SMILES string of the molecule is CC(C)(C)OC(=O)N1C2CCCC1CC(O)(c1cccnc1C(F)(F)F)C2. The number of hydrogen-bond donors (Lipinski definition) is 1. The topological polar surface area (TPSA) is 62.7 Å². The second kappa shape index (κ2) is 6.65. The maximum atomic E-state index is 13.4. The Morgan fingerprint density at radius 1 is 1.26 bits per heavy atom. The number of piperidine rings is 2. The smallest absolute Gasteiger partial charge is 0.433 e. The number of hydrogen-bond acceptors (Lipinski definition) is 4. The van der Waals surface area contributed by atoms with Crippen molar-refractivity contribution in [3.8, 4) is 0 Å². The zero-order valence-corrected chi connectivity index (χ0v) is 15.7. The third-order valence-electron chi connectivity index (χ3n) is 5.19. The Hall–Kier alpha value is -1.83. The summed E-state index contributed by atoms with van der Waals surface area (Å²) in [6.45, 7) is 5.31. The molecule has 2 atom stereocenters. The second-order valence-corrected chi connectivity index (χ2v) is 8.46. The Morgan fingerprint density at radius 2 is 1.85 bits per heavy atom. The molecule has 2 aliphatic rings. The van der Waals surface area contributed by atoms with E-state index in [1.54, 1.807) is 25.7 Å². The first-order valence-electron chi connectivity index (χ1n) is 9.17. The first-order chi connectivity index (χ1) is 12.4. The van der Waals surface area contributed by atoms with E-state index < -0.39 is 29.2 Å². The van der Waals surface area contributed by atoms with E-state index in [1.165, 1.54) is 12.1 Å². The van der Waals surface area contributed by atoms with Crippen LogP contribution in [0.1, 0.15) is 64.1 Å². The molecule has 0 radical (unpaired) electrons. The van der Waals surface area contributed by atoms with E-state index in [1.807, 2.05) is 0 Å². The molecule has 0 aromatic carbocycles. The first-order valence-corrected chi connectivity index (χ1v) is 9.17. The molecule has 2 bridgehead atoms. The minimum absolute atomic E-state index is 0.0392. The van der Waals surface area contributed by atoms with Gasteiger partial charge in [0.05, 0.1) is 5.60 Å². The van der Waals surface area contributed by atoms with E-state index in [9.17, 15) is 23.1 Å². The van der Waals surface area contributed by atoms with Gasteiger partial charge in [0, 0.05) is 36.7 Å². The van der Waals surface area contributed by atoms with Gasteiger partial charge in [0.15, 0.2) is 0 Å². The summed E-state index contributed by atoms with van der Waals surface area (Å²) in [5.74, 6) is 0. The minimum Gasteiger partial charge on any atom is -0.444 e. The lowest BCUT2D eigenvalue weighted by atomic mass is 9.72. The summed E-state index contributed by atoms with van der Waals surface area (Å²) in [4.78, 5) is 17.7. The molecule has 150 valence electrons. The van der Waals surface area contributed by atoms with Gasteiger partial charge < -0.3 is 14.7 Å². The van der Waals surface area contributed by atoms with Crippen LogP contribution in [-0.2, 0) is 16.5 Å². The van der Waals surface area contributed by atoms with Crippen LogP contribution >= 0.6 is 0 Å². The van der Waals surface area contributed by atoms with Crippen molar-refractivity contribution >= 4 is 6.09 Å². The first kappa shape index (κ1) is 19.9. The van der Waals surface area contributed by atoms with Crippen LogP contribution < -0.4 is 0 Å². The van der Waals surface area contributed by atoms with Gasteiger partial charge in [0.2, 0.25) is 0 Å². The average molecular weight is 386 g/mol. The lowest BCUT2D eigenvalue weighted by Gasteiger charge is -2.52. The molecule has 2 aliphatic heterocycles. The van der Waals surface area contributed by atoms with E-state index in [0.717, 1.165) is 12.6 Å². The predicted molar refractivity (Wildman–Crippen MR) is 91.9 cm³/mol. The molecular weight excluding hydrogens is 361 g/mol. The summed E-state index contributed by atoms with van der Waals surface area (Å²) in [7, 11) is 0. The van der Waals surface area contributed by atoms with Crippen LogP contribution in [0.4, 0.5) is 18.0 Å². The Labute approximate surface area is 156 Å². The summed E-state index contributed by atoms with van der Waals surface area (Å²) in [5, 5.41) is 11.2. The van der Waals surface area contributed by atoms with E-state index >= 15 is 0 Å². The van der Waals surface area contributed by atoms with Gasteiger partial charge in [-0.2, -0.15) is 13.2 Å². The third-order valence-corrected chi connectivity index (χ3v) is 5.19. The van der Waals surface area contributed by atoms with Gasteiger partial charge >= 0.3 is 12.3 Å². The summed E-state index contributed by atoms with van der Waals surface area (Å²) >= 11 is 0. The lowest BCUT2D eigenvalue weighted by Crippen LogP contribution is -2.59. The fraction of sp³-hybridized carbons (Fsp3) is 0.684. The largest absolute Gasteiger partial charge is 0.444 e. The number of nitrogens with zero attached hydrogens (tertiary/aromatic N) is 2. The number of carbonyl (C=O) groups excluding carboxylic acids is 1. The minimum atomic E-state index is -4.65. The number of ether oxygens (including phenoxy) is 1. The zero-order valence-electron chi connectivity index (χ0n) is 15.7. The average Bonchev–Trinajstić information content (AvgIpc) is 2.51. The van der Waals surface area contributed by atoms with Crippen molar-refractivity contribution in [1.82, 2.24) is 9.88 Å². The highest BCUT2D eigenvalue weighted by atomic mass is 19.4. The van der Waals surface area contributed by atoms with E-state index in [2.05, 4.69) is 4.98 Å². The van der Waals surface area contributed by atoms with Crippen LogP contribution in [0, 0.1) is 0 Å². The molecule has 3 heterocycles. The molecule has 2 unspecified atom stereocenters. The quantitative estimate of drug-likeness (QED) is 0.784. The van der Waals surface area contributed by atoms with Crippen molar-refractivity contribution < 1.29 is 27.8 Å². The highest BCUT2D eigenvalue weighted by molar-refractivity contribution is 5.69. The molecular formula is C19H25F3N2O3. The van der Waals surface area contributed by atoms with E-state index in [-0.39, 0.29) is 30.5 Å². The Balaban J connectivity index is 1.92. The van der Waals surface area contributed by atoms with Gasteiger partial charge in [0.1, 0.15) is 11.3 Å². The molecule has 0 saturated carbocycles.